The van der Waals surface area contributed by atoms with Crippen molar-refractivity contribution in [3.05, 3.63) is 0 Å². The zero-order valence-electron chi connectivity index (χ0n) is 15.6. The monoisotopic (exact) mass is 331 g/mol. The first-order valence-corrected chi connectivity index (χ1v) is 11.0. The van der Waals surface area contributed by atoms with Crippen molar-refractivity contribution in [3.8, 4) is 0 Å². The van der Waals surface area contributed by atoms with Crippen molar-refractivity contribution in [2.75, 3.05) is 34.4 Å². The van der Waals surface area contributed by atoms with Crippen LogP contribution in [0.4, 0.5) is 0 Å². The van der Waals surface area contributed by atoms with Gasteiger partial charge in [0.25, 0.3) is 0 Å². The average molecular weight is 332 g/mol. The summed E-state index contributed by atoms with van der Waals surface area (Å²) in [6.45, 7) is 8.84. The number of hydrogen-bond acceptors (Lipinski definition) is 4. The topological polar surface area (TPSA) is 30.9 Å². The second kappa shape index (κ2) is 9.38. The van der Waals surface area contributed by atoms with Crippen molar-refractivity contribution in [1.82, 2.24) is 4.90 Å². The maximum atomic E-state index is 6.35. The van der Waals surface area contributed by atoms with Crippen LogP contribution in [0.1, 0.15) is 59.3 Å². The minimum Gasteiger partial charge on any atom is -0.395 e. The molecule has 2 unspecified atom stereocenters. The lowest BCUT2D eigenvalue weighted by Gasteiger charge is -2.57. The Morgan fingerprint density at radius 2 is 1.59 bits per heavy atom. The molecule has 0 bridgehead atoms. The van der Waals surface area contributed by atoms with E-state index >= 15 is 0 Å². The van der Waals surface area contributed by atoms with Gasteiger partial charge in [-0.3, -0.25) is 4.90 Å². The molecule has 0 radical (unpaired) electrons. The summed E-state index contributed by atoms with van der Waals surface area (Å²) in [5, 5.41) is -0.350. The minimum absolute atomic E-state index is 0.350. The second-order valence-corrected chi connectivity index (χ2v) is 9.97. The van der Waals surface area contributed by atoms with Crippen LogP contribution >= 0.6 is 0 Å². The van der Waals surface area contributed by atoms with E-state index in [0.717, 1.165) is 32.0 Å². The zero-order valence-corrected chi connectivity index (χ0v) is 16.6. The van der Waals surface area contributed by atoms with Crippen LogP contribution in [0.15, 0.2) is 0 Å². The first-order valence-electron chi connectivity index (χ1n) is 9.02. The molecule has 0 aliphatic carbocycles. The summed E-state index contributed by atoms with van der Waals surface area (Å²) in [7, 11) is 3.08. The van der Waals surface area contributed by atoms with Crippen molar-refractivity contribution in [3.63, 3.8) is 0 Å². The maximum absolute atomic E-state index is 6.35. The van der Waals surface area contributed by atoms with E-state index in [2.05, 4.69) is 25.7 Å². The molecule has 1 aliphatic rings. The first-order chi connectivity index (χ1) is 10.6. The minimum atomic E-state index is -2.44. The fourth-order valence-corrected chi connectivity index (χ4v) is 8.58. The highest BCUT2D eigenvalue weighted by Crippen LogP contribution is 2.47. The molecule has 4 nitrogen and oxygen atoms in total. The van der Waals surface area contributed by atoms with Gasteiger partial charge in [0.2, 0.25) is 0 Å². The van der Waals surface area contributed by atoms with Gasteiger partial charge in [0.1, 0.15) is 0 Å². The molecule has 1 aliphatic heterocycles. The van der Waals surface area contributed by atoms with Crippen molar-refractivity contribution in [2.45, 2.75) is 70.7 Å². The van der Waals surface area contributed by atoms with Gasteiger partial charge in [-0.05, 0) is 31.7 Å². The van der Waals surface area contributed by atoms with Crippen molar-refractivity contribution in [2.24, 2.45) is 5.92 Å². The van der Waals surface area contributed by atoms with Crippen molar-refractivity contribution in [1.29, 1.82) is 0 Å². The van der Waals surface area contributed by atoms with E-state index in [-0.39, 0.29) is 5.35 Å². The van der Waals surface area contributed by atoms with Crippen LogP contribution in [0.25, 0.3) is 0 Å². The molecular weight excluding hydrogens is 294 g/mol. The molecule has 1 rings (SSSR count). The maximum Gasteiger partial charge on any atom is 0.386 e. The zero-order chi connectivity index (χ0) is 16.6. The number of nitrogens with zero attached hydrogens (tertiary/aromatic N) is 1. The van der Waals surface area contributed by atoms with Crippen LogP contribution in [-0.4, -0.2) is 53.2 Å². The number of hydrogen-bond donors (Lipinski definition) is 0. The van der Waals surface area contributed by atoms with Crippen LogP contribution in [-0.2, 0) is 13.6 Å². The standard InChI is InChI=1S/C17H37NO3Si/c1-7-11-16-12-10-15-22(20-5,21-6)17(16,19-4)18(13-8-2)14-9-3/h16H,7-15H2,1-6H3. The summed E-state index contributed by atoms with van der Waals surface area (Å²) in [6.07, 6.45) is 7.02. The Kier molecular flexibility index (Phi) is 8.57. The SMILES string of the molecule is CCCC1CCC[Si](OC)(OC)C1(OC)N(CCC)CCC. The normalized spacial score (nSPS) is 28.2. The lowest BCUT2D eigenvalue weighted by molar-refractivity contribution is -0.154. The van der Waals surface area contributed by atoms with Gasteiger partial charge >= 0.3 is 8.56 Å². The summed E-state index contributed by atoms with van der Waals surface area (Å²) in [6, 6.07) is 1.03. The van der Waals surface area contributed by atoms with Crippen LogP contribution in [0, 0.1) is 5.92 Å². The molecule has 0 aromatic rings. The summed E-state index contributed by atoms with van der Waals surface area (Å²) >= 11 is 0. The fraction of sp³-hybridized carbons (Fsp3) is 1.00. The van der Waals surface area contributed by atoms with Crippen LogP contribution in [0.5, 0.6) is 0 Å². The Morgan fingerprint density at radius 1 is 1.00 bits per heavy atom. The van der Waals surface area contributed by atoms with Crippen LogP contribution in [0.2, 0.25) is 6.04 Å². The first kappa shape index (κ1) is 20.1. The number of methoxy groups -OCH3 is 1. The molecule has 0 aromatic heterocycles. The molecular formula is C17H37NO3Si. The number of ether oxygens (including phenoxy) is 1. The van der Waals surface area contributed by atoms with E-state index in [9.17, 15) is 0 Å². The third kappa shape index (κ3) is 3.43. The third-order valence-corrected chi connectivity index (χ3v) is 9.57. The molecule has 0 aromatic carbocycles. The Balaban J connectivity index is 3.36. The molecule has 1 heterocycles. The lowest BCUT2D eigenvalue weighted by atomic mass is 9.93. The third-order valence-electron chi connectivity index (χ3n) is 5.22. The van der Waals surface area contributed by atoms with E-state index in [1.165, 1.54) is 25.7 Å². The Morgan fingerprint density at radius 3 is 2.00 bits per heavy atom. The van der Waals surface area contributed by atoms with Gasteiger partial charge in [0.05, 0.1) is 0 Å². The summed E-state index contributed by atoms with van der Waals surface area (Å²) < 4.78 is 18.6. The molecule has 1 saturated heterocycles. The van der Waals surface area contributed by atoms with Gasteiger partial charge in [-0.1, -0.05) is 33.6 Å². The molecule has 0 amide bonds. The molecule has 2 atom stereocenters. The predicted octanol–water partition coefficient (Wildman–Crippen LogP) is 3.94. The van der Waals surface area contributed by atoms with E-state index in [1.807, 2.05) is 21.3 Å². The van der Waals surface area contributed by atoms with Crippen LogP contribution in [0.3, 0.4) is 0 Å². The van der Waals surface area contributed by atoms with Gasteiger partial charge in [-0.2, -0.15) is 0 Å². The second-order valence-electron chi connectivity index (χ2n) is 6.43. The van der Waals surface area contributed by atoms with E-state index in [1.54, 1.807) is 0 Å². The van der Waals surface area contributed by atoms with Gasteiger partial charge < -0.3 is 13.6 Å². The highest BCUT2D eigenvalue weighted by Gasteiger charge is 2.65. The summed E-state index contributed by atoms with van der Waals surface area (Å²) in [4.78, 5) is 2.55. The quantitative estimate of drug-likeness (QED) is 0.448. The van der Waals surface area contributed by atoms with E-state index < -0.39 is 8.56 Å². The average Bonchev–Trinajstić information content (AvgIpc) is 2.54. The largest absolute Gasteiger partial charge is 0.395 e. The van der Waals surface area contributed by atoms with E-state index in [4.69, 9.17) is 13.6 Å². The van der Waals surface area contributed by atoms with Gasteiger partial charge in [0, 0.05) is 40.3 Å². The number of rotatable bonds is 10. The molecule has 0 N–H and O–H groups in total. The fourth-order valence-electron chi connectivity index (χ4n) is 4.47. The summed E-state index contributed by atoms with van der Waals surface area (Å²) in [5.74, 6) is 0.501. The highest BCUT2D eigenvalue weighted by molar-refractivity contribution is 6.70. The lowest BCUT2D eigenvalue weighted by Crippen LogP contribution is -2.75. The molecule has 22 heavy (non-hydrogen) atoms. The molecule has 0 spiro atoms. The Bertz CT molecular complexity index is 304. The van der Waals surface area contributed by atoms with Crippen molar-refractivity contribution >= 4 is 8.56 Å². The molecule has 1 fully saturated rings. The molecule has 0 saturated carbocycles. The molecule has 5 heteroatoms. The Labute approximate surface area is 138 Å². The van der Waals surface area contributed by atoms with Crippen LogP contribution < -0.4 is 0 Å². The summed E-state index contributed by atoms with van der Waals surface area (Å²) in [5.41, 5.74) is 0. The highest BCUT2D eigenvalue weighted by atomic mass is 28.4. The smallest absolute Gasteiger partial charge is 0.386 e. The van der Waals surface area contributed by atoms with Crippen molar-refractivity contribution < 1.29 is 13.6 Å². The molecule has 132 valence electrons. The predicted molar refractivity (Wildman–Crippen MR) is 94.1 cm³/mol. The van der Waals surface area contributed by atoms with E-state index in [0.29, 0.717) is 5.92 Å². The van der Waals surface area contributed by atoms with Gasteiger partial charge in [-0.15, -0.1) is 0 Å². The van der Waals surface area contributed by atoms with Gasteiger partial charge in [-0.25, -0.2) is 0 Å². The van der Waals surface area contributed by atoms with Gasteiger partial charge in [0.15, 0.2) is 5.35 Å². The Hall–Kier alpha value is 0.0569.